The second kappa shape index (κ2) is 9.61. The lowest BCUT2D eigenvalue weighted by Crippen LogP contribution is -2.21. The van der Waals surface area contributed by atoms with E-state index in [0.29, 0.717) is 27.4 Å². The normalized spacial score (nSPS) is 11.4. The zero-order valence-electron chi connectivity index (χ0n) is 18.2. The van der Waals surface area contributed by atoms with E-state index in [4.69, 9.17) is 0 Å². The number of rotatable bonds is 7. The Morgan fingerprint density at radius 1 is 1.06 bits per heavy atom. The minimum absolute atomic E-state index is 0.000318. The molecule has 2 aromatic heterocycles. The second-order valence-corrected chi connectivity index (χ2v) is 9.89. The van der Waals surface area contributed by atoms with Crippen molar-refractivity contribution < 1.29 is 13.2 Å². The number of fused-ring (bicyclic) bond motifs is 1. The summed E-state index contributed by atoms with van der Waals surface area (Å²) >= 11 is 1.13. The Morgan fingerprint density at radius 2 is 1.79 bits per heavy atom. The number of carbonyl (C=O) groups is 1. The molecule has 174 valence electrons. The lowest BCUT2D eigenvalue weighted by atomic mass is 10.2. The summed E-state index contributed by atoms with van der Waals surface area (Å²) in [6, 6.07) is 14.4. The van der Waals surface area contributed by atoms with Gasteiger partial charge in [-0.25, -0.2) is 28.1 Å². The van der Waals surface area contributed by atoms with Gasteiger partial charge in [-0.3, -0.25) is 14.2 Å². The molecule has 4 aromatic rings. The van der Waals surface area contributed by atoms with Crippen molar-refractivity contribution in [2.45, 2.75) is 17.0 Å². The summed E-state index contributed by atoms with van der Waals surface area (Å²) < 4.78 is 28.8. The molecule has 0 spiro atoms. The molecule has 0 radical (unpaired) electrons. The molecule has 0 aliphatic carbocycles. The van der Waals surface area contributed by atoms with Crippen molar-refractivity contribution in [3.05, 3.63) is 76.8 Å². The van der Waals surface area contributed by atoms with Crippen LogP contribution in [0.3, 0.4) is 0 Å². The molecule has 2 N–H and O–H groups in total. The summed E-state index contributed by atoms with van der Waals surface area (Å²) in [6.45, 7) is 1.73. The van der Waals surface area contributed by atoms with Gasteiger partial charge in [0.1, 0.15) is 0 Å². The molecular weight excluding hydrogens is 476 g/mol. The van der Waals surface area contributed by atoms with Crippen molar-refractivity contribution in [3.63, 3.8) is 0 Å². The van der Waals surface area contributed by atoms with E-state index in [2.05, 4.69) is 25.0 Å². The van der Waals surface area contributed by atoms with Crippen LogP contribution in [-0.4, -0.2) is 39.6 Å². The van der Waals surface area contributed by atoms with Crippen LogP contribution in [0.1, 0.15) is 5.69 Å². The summed E-state index contributed by atoms with van der Waals surface area (Å²) in [5, 5.41) is 3.64. The van der Waals surface area contributed by atoms with E-state index in [1.54, 1.807) is 44.3 Å². The highest BCUT2D eigenvalue weighted by molar-refractivity contribution is 7.99. The quantitative estimate of drug-likeness (QED) is 0.294. The van der Waals surface area contributed by atoms with Crippen molar-refractivity contribution in [1.82, 2.24) is 19.5 Å². The molecule has 0 aliphatic heterocycles. The predicted octanol–water partition coefficient (Wildman–Crippen LogP) is 2.56. The highest BCUT2D eigenvalue weighted by atomic mass is 32.2. The number of para-hydroxylation sites is 1. The van der Waals surface area contributed by atoms with E-state index in [1.165, 1.54) is 35.0 Å². The van der Waals surface area contributed by atoms with Gasteiger partial charge in [-0.1, -0.05) is 23.9 Å². The summed E-state index contributed by atoms with van der Waals surface area (Å²) in [6.07, 6.45) is 1.46. The van der Waals surface area contributed by atoms with Crippen molar-refractivity contribution in [2.24, 2.45) is 7.05 Å². The number of aryl methyl sites for hydroxylation is 1. The van der Waals surface area contributed by atoms with Gasteiger partial charge < -0.3 is 5.32 Å². The average molecular weight is 497 g/mol. The Hall–Kier alpha value is -3.77. The third-order valence-electron chi connectivity index (χ3n) is 4.74. The van der Waals surface area contributed by atoms with Crippen LogP contribution in [0.5, 0.6) is 0 Å². The number of anilines is 2. The Labute approximate surface area is 199 Å². The number of thioether (sulfide) groups is 1. The number of carbonyl (C=O) groups excluding carboxylic acids is 1. The van der Waals surface area contributed by atoms with Crippen LogP contribution in [-0.2, 0) is 21.9 Å². The average Bonchev–Trinajstić information content (AvgIpc) is 2.80. The Morgan fingerprint density at radius 3 is 2.53 bits per heavy atom. The molecule has 10 nitrogen and oxygen atoms in total. The van der Waals surface area contributed by atoms with Crippen LogP contribution in [0.25, 0.3) is 10.9 Å². The van der Waals surface area contributed by atoms with Crippen molar-refractivity contribution in [3.8, 4) is 0 Å². The largest absolute Gasteiger partial charge is 0.325 e. The minimum Gasteiger partial charge on any atom is -0.325 e. The van der Waals surface area contributed by atoms with Crippen LogP contribution in [0.2, 0.25) is 0 Å². The molecule has 1 amide bonds. The molecule has 0 atom stereocenters. The Balaban J connectivity index is 1.40. The van der Waals surface area contributed by atoms with E-state index < -0.39 is 10.0 Å². The van der Waals surface area contributed by atoms with Gasteiger partial charge in [0.2, 0.25) is 11.9 Å². The number of hydrogen-bond donors (Lipinski definition) is 2. The summed E-state index contributed by atoms with van der Waals surface area (Å²) in [7, 11) is -2.27. The zero-order chi connectivity index (χ0) is 24.3. The first-order chi connectivity index (χ1) is 16.2. The fraction of sp³-hybridized carbons (Fsp3) is 0.136. The summed E-state index contributed by atoms with van der Waals surface area (Å²) in [5.74, 6) is -0.328. The maximum Gasteiger partial charge on any atom is 0.264 e. The van der Waals surface area contributed by atoms with Gasteiger partial charge in [0.25, 0.3) is 15.6 Å². The lowest BCUT2D eigenvalue weighted by Gasteiger charge is -2.10. The van der Waals surface area contributed by atoms with Gasteiger partial charge in [-0.05, 0) is 49.4 Å². The van der Waals surface area contributed by atoms with Crippen LogP contribution in [0.4, 0.5) is 11.6 Å². The van der Waals surface area contributed by atoms with Gasteiger partial charge >= 0.3 is 0 Å². The van der Waals surface area contributed by atoms with Gasteiger partial charge in [0, 0.05) is 24.6 Å². The van der Waals surface area contributed by atoms with Crippen molar-refractivity contribution in [2.75, 3.05) is 15.8 Å². The van der Waals surface area contributed by atoms with E-state index >= 15 is 0 Å². The van der Waals surface area contributed by atoms with E-state index in [9.17, 15) is 18.0 Å². The SMILES string of the molecule is Cc1ccnc(NS(=O)(=O)c2ccc(NC(=O)CSc3nc4ccccc4c(=O)n3C)cc2)n1. The first-order valence-electron chi connectivity index (χ1n) is 10.0. The number of hydrogen-bond acceptors (Lipinski definition) is 8. The van der Waals surface area contributed by atoms with E-state index in [0.717, 1.165) is 11.8 Å². The van der Waals surface area contributed by atoms with Gasteiger partial charge in [0.15, 0.2) is 5.16 Å². The van der Waals surface area contributed by atoms with Crippen molar-refractivity contribution >= 4 is 50.2 Å². The fourth-order valence-corrected chi connectivity index (χ4v) is 4.77. The predicted molar refractivity (Wildman–Crippen MR) is 130 cm³/mol. The molecule has 12 heteroatoms. The number of amides is 1. The van der Waals surface area contributed by atoms with Crippen LogP contribution < -0.4 is 15.6 Å². The lowest BCUT2D eigenvalue weighted by molar-refractivity contribution is -0.113. The minimum atomic E-state index is -3.88. The molecule has 0 unspecified atom stereocenters. The first-order valence-corrected chi connectivity index (χ1v) is 12.5. The molecule has 0 fully saturated rings. The molecule has 0 bridgehead atoms. The molecule has 2 aromatic carbocycles. The maximum atomic E-state index is 12.5. The van der Waals surface area contributed by atoms with Crippen LogP contribution in [0, 0.1) is 6.92 Å². The fourth-order valence-electron chi connectivity index (χ4n) is 3.05. The molecule has 0 aliphatic rings. The zero-order valence-corrected chi connectivity index (χ0v) is 19.9. The van der Waals surface area contributed by atoms with E-state index in [-0.39, 0.29) is 28.1 Å². The van der Waals surface area contributed by atoms with E-state index in [1.807, 2.05) is 0 Å². The standard InChI is InChI=1S/C22H20N6O4S2/c1-14-11-12-23-21(24-14)27-34(31,32)16-9-7-15(8-10-16)25-19(29)13-33-22-26-18-6-4-3-5-17(18)20(30)28(22)2/h3-12H,13H2,1-2H3,(H,25,29)(H,23,24,27). The molecule has 0 saturated carbocycles. The molecule has 2 heterocycles. The summed E-state index contributed by atoms with van der Waals surface area (Å²) in [4.78, 5) is 37.3. The third-order valence-corrected chi connectivity index (χ3v) is 7.12. The monoisotopic (exact) mass is 496 g/mol. The highest BCUT2D eigenvalue weighted by Crippen LogP contribution is 2.19. The summed E-state index contributed by atoms with van der Waals surface area (Å²) in [5.41, 5.74) is 1.43. The smallest absolute Gasteiger partial charge is 0.264 e. The highest BCUT2D eigenvalue weighted by Gasteiger charge is 2.16. The number of nitrogens with one attached hydrogen (secondary N) is 2. The van der Waals surface area contributed by atoms with Gasteiger partial charge in [0.05, 0.1) is 21.6 Å². The van der Waals surface area contributed by atoms with Gasteiger partial charge in [-0.2, -0.15) is 0 Å². The first kappa shape index (κ1) is 23.4. The number of sulfonamides is 1. The number of benzene rings is 2. The maximum absolute atomic E-state index is 12.5. The number of aromatic nitrogens is 4. The van der Waals surface area contributed by atoms with Crippen LogP contribution >= 0.6 is 11.8 Å². The third kappa shape index (κ3) is 5.24. The van der Waals surface area contributed by atoms with Crippen LogP contribution in [0.15, 0.2) is 75.6 Å². The number of nitrogens with zero attached hydrogens (tertiary/aromatic N) is 4. The molecule has 34 heavy (non-hydrogen) atoms. The van der Waals surface area contributed by atoms with Gasteiger partial charge in [-0.15, -0.1) is 0 Å². The molecular formula is C22H20N6O4S2. The molecule has 4 rings (SSSR count). The second-order valence-electron chi connectivity index (χ2n) is 7.26. The Kier molecular flexibility index (Phi) is 6.61. The molecule has 0 saturated heterocycles. The topological polar surface area (TPSA) is 136 Å². The Bertz CT molecular complexity index is 1540. The van der Waals surface area contributed by atoms with Crippen molar-refractivity contribution in [1.29, 1.82) is 0 Å².